The molecule has 4 heteroatoms. The summed E-state index contributed by atoms with van der Waals surface area (Å²) in [7, 11) is 10.6. The van der Waals surface area contributed by atoms with Crippen molar-refractivity contribution in [2.75, 3.05) is 0 Å². The van der Waals surface area contributed by atoms with Crippen molar-refractivity contribution in [3.05, 3.63) is 57.6 Å². The van der Waals surface area contributed by atoms with Crippen molar-refractivity contribution in [2.45, 2.75) is 104 Å². The van der Waals surface area contributed by atoms with E-state index in [4.69, 9.17) is 17.0 Å². The Morgan fingerprint density at radius 2 is 1.10 bits per heavy atom. The van der Waals surface area contributed by atoms with Crippen molar-refractivity contribution in [2.24, 2.45) is 0 Å². The van der Waals surface area contributed by atoms with Crippen LogP contribution in [0.5, 0.6) is 0 Å². The van der Waals surface area contributed by atoms with Gasteiger partial charge in [0.1, 0.15) is 0 Å². The molecule has 0 nitrogen and oxygen atoms in total. The van der Waals surface area contributed by atoms with Crippen LogP contribution in [0.25, 0.3) is 0 Å². The summed E-state index contributed by atoms with van der Waals surface area (Å²) in [5, 5.41) is 0. The molecule has 0 heterocycles. The maximum atomic E-state index is 4.93. The van der Waals surface area contributed by atoms with E-state index in [1.54, 1.807) is 33.4 Å². The van der Waals surface area contributed by atoms with E-state index in [0.29, 0.717) is 0 Å². The molecule has 0 amide bonds. The first kappa shape index (κ1) is 28.4. The predicted octanol–water partition coefficient (Wildman–Crippen LogP) is 8.37. The molecule has 0 saturated heterocycles. The van der Waals surface area contributed by atoms with E-state index >= 15 is 0 Å². The number of rotatable bonds is 4. The Kier molecular flexibility index (Phi) is 16.9. The van der Waals surface area contributed by atoms with Crippen molar-refractivity contribution in [1.82, 2.24) is 0 Å². The molecule has 1 radical (unpaired) electrons. The Balaban J connectivity index is 0.000000239. The van der Waals surface area contributed by atoms with Crippen LogP contribution in [0, 0.1) is 0 Å². The molecular weight excluding hydrogens is 503 g/mol. The first-order valence-corrected chi connectivity index (χ1v) is 20.5. The van der Waals surface area contributed by atoms with Crippen molar-refractivity contribution in [3.63, 3.8) is 0 Å². The van der Waals surface area contributed by atoms with Crippen LogP contribution >= 0.6 is 17.0 Å². The van der Waals surface area contributed by atoms with Gasteiger partial charge in [-0.25, -0.2) is 12.1 Å². The van der Waals surface area contributed by atoms with Crippen LogP contribution in [-0.4, -0.2) is 9.52 Å². The van der Waals surface area contributed by atoms with Gasteiger partial charge in [0, 0.05) is 9.52 Å². The van der Waals surface area contributed by atoms with Crippen LogP contribution in [0.3, 0.4) is 0 Å². The second-order valence-electron chi connectivity index (χ2n) is 8.39. The van der Waals surface area contributed by atoms with Crippen LogP contribution in [-0.2, 0) is 59.4 Å². The standard InChI is InChI=1S/2C12H17.C2H7Si.2ClH.Zr/c2*1-2-5-10-8-11-6-3-4-7-12(11)9-10;1-3-2;;;/h2*8-9H,2-7H2,1H3;3H,1-2H3;2*1H;/q2*-1;;;;+4/p-2. The van der Waals surface area contributed by atoms with Gasteiger partial charge in [-0.2, -0.15) is 45.5 Å². The fraction of sp³-hybridized carbons (Fsp3) is 0.615. The molecule has 2 aliphatic rings. The molecule has 0 spiro atoms. The van der Waals surface area contributed by atoms with Gasteiger partial charge in [-0.1, -0.05) is 104 Å². The molecule has 0 saturated carbocycles. The van der Waals surface area contributed by atoms with Crippen LogP contribution in [0.15, 0.2) is 24.3 Å². The van der Waals surface area contributed by atoms with Gasteiger partial charge in [0.15, 0.2) is 0 Å². The summed E-state index contributed by atoms with van der Waals surface area (Å²) in [6.07, 6.45) is 16.1. The zero-order valence-electron chi connectivity index (χ0n) is 19.6. The summed E-state index contributed by atoms with van der Waals surface area (Å²) in [6, 6.07) is 9.71. The Hall–Kier alpha value is 0.380. The minimum absolute atomic E-state index is 0.750. The molecule has 0 N–H and O–H groups in total. The van der Waals surface area contributed by atoms with Gasteiger partial charge in [0.25, 0.3) is 0 Å². The summed E-state index contributed by atoms with van der Waals surface area (Å²) in [6.45, 7) is 8.93. The molecule has 2 aromatic carbocycles. The van der Waals surface area contributed by atoms with Gasteiger partial charge in [-0.3, -0.25) is 0 Å². The topological polar surface area (TPSA) is 0 Å². The number of hydrogen-bond acceptors (Lipinski definition) is 0. The molecule has 0 aromatic heterocycles. The van der Waals surface area contributed by atoms with Gasteiger partial charge >= 0.3 is 37.9 Å². The second-order valence-corrected chi connectivity index (χ2v) is 13.3. The average molecular weight is 544 g/mol. The van der Waals surface area contributed by atoms with Gasteiger partial charge in [-0.15, -0.1) is 0 Å². The van der Waals surface area contributed by atoms with E-state index in [9.17, 15) is 0 Å². The molecular formula is C26H41Cl2SiZr. The van der Waals surface area contributed by atoms with E-state index in [1.807, 2.05) is 0 Å². The van der Waals surface area contributed by atoms with Crippen molar-refractivity contribution in [1.29, 1.82) is 0 Å². The van der Waals surface area contributed by atoms with E-state index in [1.165, 1.54) is 77.0 Å². The third kappa shape index (κ3) is 10.8. The first-order valence-electron chi connectivity index (χ1n) is 11.9. The normalized spacial score (nSPS) is 13.8. The van der Waals surface area contributed by atoms with Crippen molar-refractivity contribution >= 4 is 26.5 Å². The van der Waals surface area contributed by atoms with Crippen LogP contribution in [0.4, 0.5) is 0 Å². The third-order valence-electron chi connectivity index (χ3n) is 5.63. The Labute approximate surface area is 207 Å². The van der Waals surface area contributed by atoms with Gasteiger partial charge < -0.3 is 0 Å². The fourth-order valence-corrected chi connectivity index (χ4v) is 4.41. The molecule has 2 aromatic rings. The van der Waals surface area contributed by atoms with Crippen molar-refractivity contribution < 1.29 is 20.8 Å². The predicted molar refractivity (Wildman–Crippen MR) is 136 cm³/mol. The van der Waals surface area contributed by atoms with E-state index in [0.717, 1.165) is 9.52 Å². The molecule has 30 heavy (non-hydrogen) atoms. The van der Waals surface area contributed by atoms with Crippen LogP contribution < -0.4 is 0 Å². The summed E-state index contributed by atoms with van der Waals surface area (Å²) < 4.78 is 0. The maximum absolute atomic E-state index is 4.93. The van der Waals surface area contributed by atoms with Crippen LogP contribution in [0.1, 0.15) is 85.8 Å². The number of halogens is 2. The molecule has 0 bridgehead atoms. The summed E-state index contributed by atoms with van der Waals surface area (Å²) in [5.74, 6) is 0. The molecule has 0 unspecified atom stereocenters. The Morgan fingerprint density at radius 3 is 1.40 bits per heavy atom. The van der Waals surface area contributed by atoms with E-state index in [-0.39, 0.29) is 0 Å². The molecule has 2 aliphatic carbocycles. The minimum atomic E-state index is -0.826. The number of fused-ring (bicyclic) bond motifs is 2. The quantitative estimate of drug-likeness (QED) is 0.268. The SMILES string of the molecule is CCCc1cc2c([cH-]1)CCCC2.CCCc1cc2c([cH-]1)CCCC2.C[SiH]C.[Cl][Zr+2][Cl]. The van der Waals surface area contributed by atoms with Gasteiger partial charge in [0.2, 0.25) is 0 Å². The summed E-state index contributed by atoms with van der Waals surface area (Å²) in [5.41, 5.74) is 9.72. The van der Waals surface area contributed by atoms with Gasteiger partial charge in [0.05, 0.1) is 0 Å². The molecule has 4 rings (SSSR count). The first-order chi connectivity index (χ1) is 14.6. The monoisotopic (exact) mass is 541 g/mol. The van der Waals surface area contributed by atoms with Crippen molar-refractivity contribution in [3.8, 4) is 0 Å². The van der Waals surface area contributed by atoms with E-state index < -0.39 is 20.8 Å². The zero-order chi connectivity index (χ0) is 22.2. The number of hydrogen-bond donors (Lipinski definition) is 0. The molecule has 167 valence electrons. The summed E-state index contributed by atoms with van der Waals surface area (Å²) in [4.78, 5) is 0. The molecule has 0 atom stereocenters. The average Bonchev–Trinajstić information content (AvgIpc) is 3.33. The third-order valence-corrected chi connectivity index (χ3v) is 5.63. The Morgan fingerprint density at radius 1 is 0.767 bits per heavy atom. The molecule has 0 fully saturated rings. The van der Waals surface area contributed by atoms with Gasteiger partial charge in [-0.05, 0) is 0 Å². The van der Waals surface area contributed by atoms with Crippen LogP contribution in [0.2, 0.25) is 13.1 Å². The zero-order valence-corrected chi connectivity index (χ0v) is 24.8. The second kappa shape index (κ2) is 17.9. The fourth-order valence-electron chi connectivity index (χ4n) is 4.41. The molecule has 0 aliphatic heterocycles. The number of aryl methyl sites for hydroxylation is 6. The summed E-state index contributed by atoms with van der Waals surface area (Å²) >= 11 is -0.826. The Bertz CT molecular complexity index is 569. The van der Waals surface area contributed by atoms with E-state index in [2.05, 4.69) is 51.2 Å².